The molecule has 0 bridgehead atoms. The number of nitrogens with zero attached hydrogens (tertiary/aromatic N) is 5. The SMILES string of the molecule is CC1(c2noc([C@@H]3C[C@@H]3F)n2)CCN(C(=O)Nc2c(C#N)cccc2-c2ccc3scnc3c2)CC1. The van der Waals surface area contributed by atoms with Gasteiger partial charge in [0.2, 0.25) is 5.89 Å². The number of hydrogen-bond acceptors (Lipinski definition) is 7. The summed E-state index contributed by atoms with van der Waals surface area (Å²) in [6, 6.07) is 13.3. The number of urea groups is 1. The van der Waals surface area contributed by atoms with Gasteiger partial charge >= 0.3 is 6.03 Å². The molecule has 3 heterocycles. The number of anilines is 1. The third kappa shape index (κ3) is 3.99. The molecule has 4 aromatic rings. The van der Waals surface area contributed by atoms with E-state index in [0.29, 0.717) is 55.3 Å². The number of halogens is 1. The van der Waals surface area contributed by atoms with E-state index in [1.165, 1.54) is 0 Å². The maximum Gasteiger partial charge on any atom is 0.321 e. The molecule has 10 heteroatoms. The fourth-order valence-corrected chi connectivity index (χ4v) is 5.37. The van der Waals surface area contributed by atoms with Gasteiger partial charge in [0.1, 0.15) is 12.2 Å². The molecule has 2 atom stereocenters. The largest absolute Gasteiger partial charge is 0.339 e. The van der Waals surface area contributed by atoms with Gasteiger partial charge in [-0.05, 0) is 43.0 Å². The van der Waals surface area contributed by atoms with Crippen LogP contribution in [0.4, 0.5) is 14.9 Å². The predicted molar refractivity (Wildman–Crippen MR) is 134 cm³/mol. The zero-order valence-electron chi connectivity index (χ0n) is 19.6. The molecule has 182 valence electrons. The zero-order valence-corrected chi connectivity index (χ0v) is 20.4. The summed E-state index contributed by atoms with van der Waals surface area (Å²) >= 11 is 1.57. The normalized spacial score (nSPS) is 20.8. The molecule has 1 saturated heterocycles. The van der Waals surface area contributed by atoms with E-state index in [0.717, 1.165) is 21.3 Å². The summed E-state index contributed by atoms with van der Waals surface area (Å²) in [7, 11) is 0. The number of piperidine rings is 1. The van der Waals surface area contributed by atoms with Crippen LogP contribution in [0.2, 0.25) is 0 Å². The van der Waals surface area contributed by atoms with Gasteiger partial charge in [0.05, 0.1) is 32.9 Å². The molecule has 2 amide bonds. The quantitative estimate of drug-likeness (QED) is 0.388. The maximum absolute atomic E-state index is 13.4. The van der Waals surface area contributed by atoms with Crippen LogP contribution in [0.15, 0.2) is 46.4 Å². The molecule has 0 spiro atoms. The second-order valence-electron chi connectivity index (χ2n) is 9.67. The van der Waals surface area contributed by atoms with Gasteiger partial charge in [0.15, 0.2) is 5.82 Å². The van der Waals surface area contributed by atoms with Crippen LogP contribution < -0.4 is 5.32 Å². The fraction of sp³-hybridized carbons (Fsp3) is 0.346. The zero-order chi connectivity index (χ0) is 24.9. The first kappa shape index (κ1) is 22.6. The average Bonchev–Trinajstić information content (AvgIpc) is 3.28. The Balaban J connectivity index is 1.19. The molecule has 6 rings (SSSR count). The summed E-state index contributed by atoms with van der Waals surface area (Å²) in [6.07, 6.45) is 0.851. The van der Waals surface area contributed by atoms with E-state index in [4.69, 9.17) is 4.52 Å². The molecule has 1 aliphatic heterocycles. The second kappa shape index (κ2) is 8.68. The average molecular weight is 503 g/mol. The van der Waals surface area contributed by atoms with Crippen molar-refractivity contribution in [2.24, 2.45) is 0 Å². The molecular formula is C26H23FN6O2S. The van der Waals surface area contributed by atoms with E-state index in [1.807, 2.05) is 30.3 Å². The van der Waals surface area contributed by atoms with E-state index in [1.54, 1.807) is 27.8 Å². The van der Waals surface area contributed by atoms with Gasteiger partial charge in [-0.15, -0.1) is 11.3 Å². The number of likely N-dealkylation sites (tertiary alicyclic amines) is 1. The van der Waals surface area contributed by atoms with Crippen molar-refractivity contribution in [3.63, 3.8) is 0 Å². The van der Waals surface area contributed by atoms with Crippen LogP contribution in [-0.2, 0) is 5.41 Å². The number of amides is 2. The molecule has 8 nitrogen and oxygen atoms in total. The van der Waals surface area contributed by atoms with Gasteiger partial charge in [0, 0.05) is 24.1 Å². The minimum absolute atomic E-state index is 0.261. The topological polar surface area (TPSA) is 108 Å². The lowest BCUT2D eigenvalue weighted by Gasteiger charge is -2.37. The van der Waals surface area contributed by atoms with Gasteiger partial charge in [-0.3, -0.25) is 0 Å². The van der Waals surface area contributed by atoms with Crippen LogP contribution in [0.1, 0.15) is 49.4 Å². The highest BCUT2D eigenvalue weighted by Crippen LogP contribution is 2.44. The van der Waals surface area contributed by atoms with Crippen LogP contribution in [0.25, 0.3) is 21.3 Å². The third-order valence-corrected chi connectivity index (χ3v) is 8.03. The molecule has 2 aliphatic rings. The number of hydrogen-bond donors (Lipinski definition) is 1. The van der Waals surface area contributed by atoms with E-state index in [2.05, 4.69) is 33.4 Å². The van der Waals surface area contributed by atoms with Crippen molar-refractivity contribution >= 4 is 33.3 Å². The van der Waals surface area contributed by atoms with Crippen molar-refractivity contribution in [1.29, 1.82) is 5.26 Å². The van der Waals surface area contributed by atoms with Crippen LogP contribution in [-0.4, -0.2) is 45.3 Å². The van der Waals surface area contributed by atoms with Crippen LogP contribution >= 0.6 is 11.3 Å². The summed E-state index contributed by atoms with van der Waals surface area (Å²) in [5.41, 5.74) is 4.86. The Labute approximate surface area is 210 Å². The van der Waals surface area contributed by atoms with Crippen molar-refractivity contribution in [2.75, 3.05) is 18.4 Å². The molecule has 1 saturated carbocycles. The number of aromatic nitrogens is 3. The smallest absolute Gasteiger partial charge is 0.321 e. The van der Waals surface area contributed by atoms with E-state index in [-0.39, 0.29) is 17.4 Å². The van der Waals surface area contributed by atoms with E-state index < -0.39 is 6.17 Å². The number of rotatable bonds is 4. The minimum Gasteiger partial charge on any atom is -0.339 e. The fourth-order valence-electron chi connectivity index (χ4n) is 4.71. The number of alkyl halides is 1. The van der Waals surface area contributed by atoms with Crippen molar-refractivity contribution in [1.82, 2.24) is 20.0 Å². The van der Waals surface area contributed by atoms with Gasteiger partial charge in [-0.25, -0.2) is 14.2 Å². The van der Waals surface area contributed by atoms with Crippen molar-refractivity contribution in [3.8, 4) is 17.2 Å². The first-order valence-electron chi connectivity index (χ1n) is 11.9. The highest BCUT2D eigenvalue weighted by atomic mass is 32.1. The summed E-state index contributed by atoms with van der Waals surface area (Å²) in [6.45, 7) is 3.04. The standard InChI is InChI=1S/C26H23FN6O2S/c1-26(24-31-23(35-32-24)18-12-19(18)27)7-9-33(10-8-26)25(34)30-22-16(13-28)3-2-4-17(22)15-5-6-21-20(11-15)29-14-36-21/h2-6,11,14,18-19H,7-10,12H2,1H3,(H,30,34)/t18-,19+/m1/s1. The molecule has 2 aromatic carbocycles. The van der Waals surface area contributed by atoms with E-state index >= 15 is 0 Å². The Morgan fingerprint density at radius 2 is 2.11 bits per heavy atom. The third-order valence-electron chi connectivity index (χ3n) is 7.22. The number of para-hydroxylation sites is 1. The van der Waals surface area contributed by atoms with Crippen molar-refractivity contribution < 1.29 is 13.7 Å². The number of nitriles is 1. The molecule has 0 unspecified atom stereocenters. The number of thiazole rings is 1. The number of carbonyl (C=O) groups is 1. The number of nitrogens with one attached hydrogen (secondary N) is 1. The van der Waals surface area contributed by atoms with Gasteiger partial charge < -0.3 is 14.7 Å². The minimum atomic E-state index is -0.888. The Bertz CT molecular complexity index is 1500. The molecule has 1 N–H and O–H groups in total. The number of benzene rings is 2. The summed E-state index contributed by atoms with van der Waals surface area (Å²) in [5.74, 6) is 0.674. The van der Waals surface area contributed by atoms with Crippen LogP contribution in [0.3, 0.4) is 0 Å². The second-order valence-corrected chi connectivity index (χ2v) is 10.6. The molecule has 0 radical (unpaired) electrons. The summed E-state index contributed by atoms with van der Waals surface area (Å²) in [4.78, 5) is 23.9. The monoisotopic (exact) mass is 502 g/mol. The molecular weight excluding hydrogens is 479 g/mol. The van der Waals surface area contributed by atoms with Gasteiger partial charge in [-0.1, -0.05) is 30.3 Å². The molecule has 36 heavy (non-hydrogen) atoms. The Hall–Kier alpha value is -3.84. The summed E-state index contributed by atoms with van der Waals surface area (Å²) < 4.78 is 19.8. The summed E-state index contributed by atoms with van der Waals surface area (Å²) in [5, 5.41) is 16.8. The molecule has 1 aliphatic carbocycles. The highest BCUT2D eigenvalue weighted by molar-refractivity contribution is 7.16. The lowest BCUT2D eigenvalue weighted by atomic mass is 9.80. The number of fused-ring (bicyclic) bond motifs is 1. The predicted octanol–water partition coefficient (Wildman–Crippen LogP) is 5.63. The van der Waals surface area contributed by atoms with Crippen molar-refractivity contribution in [2.45, 2.75) is 43.7 Å². The molecule has 2 fully saturated rings. The molecule has 2 aromatic heterocycles. The Kier molecular flexibility index (Phi) is 5.45. The number of carbonyl (C=O) groups excluding carboxylic acids is 1. The van der Waals surface area contributed by atoms with E-state index in [9.17, 15) is 14.4 Å². The van der Waals surface area contributed by atoms with Crippen LogP contribution in [0, 0.1) is 11.3 Å². The lowest BCUT2D eigenvalue weighted by Crippen LogP contribution is -2.46. The highest BCUT2D eigenvalue weighted by Gasteiger charge is 2.45. The lowest BCUT2D eigenvalue weighted by molar-refractivity contribution is 0.169. The first-order valence-corrected chi connectivity index (χ1v) is 12.7. The maximum atomic E-state index is 13.4. The van der Waals surface area contributed by atoms with Gasteiger partial charge in [-0.2, -0.15) is 10.2 Å². The van der Waals surface area contributed by atoms with Gasteiger partial charge in [0.25, 0.3) is 0 Å². The Morgan fingerprint density at radius 3 is 2.86 bits per heavy atom. The Morgan fingerprint density at radius 1 is 1.31 bits per heavy atom. The van der Waals surface area contributed by atoms with Crippen molar-refractivity contribution in [3.05, 3.63) is 59.2 Å². The first-order chi connectivity index (χ1) is 17.4. The van der Waals surface area contributed by atoms with Crippen LogP contribution in [0.5, 0.6) is 0 Å².